The highest BCUT2D eigenvalue weighted by Crippen LogP contribution is 2.18. The van der Waals surface area contributed by atoms with E-state index in [1.807, 2.05) is 0 Å². The smallest absolute Gasteiger partial charge is 0.245 e. The third-order valence-corrected chi connectivity index (χ3v) is 7.81. The number of nitrogens with zero attached hydrogens (tertiary/aromatic N) is 1. The Bertz CT molecular complexity index is 1250. The van der Waals surface area contributed by atoms with Gasteiger partial charge in [-0.25, -0.2) is 0 Å². The van der Waals surface area contributed by atoms with Crippen LogP contribution in [-0.4, -0.2) is 138 Å². The standard InChI is InChI=1S/C30H51N9O10S/c1-15(2)9-19(36-30(49)22-7-6-8-39(22)24(43)11-33-25(44)17(4)31)28(47)37-20(13-41)29(48)38-21(14-50)27(46)32-10-23(42)35-18(5)26(45)34-16(3)12-40/h12,15-22,41,50H,6-11,13-14,31H2,1-5H3,(H,32,46)(H,33,44)(H,34,45)(H,35,42)(H,36,49)(H,37,47)(H,38,48)/t16-,17-,18-,19-,20-,21-,22-/m0/s1. The number of likely N-dealkylation sites (tertiary alicyclic amines) is 1. The normalized spacial score (nSPS) is 17.5. The highest BCUT2D eigenvalue weighted by molar-refractivity contribution is 7.80. The second-order valence-electron chi connectivity index (χ2n) is 12.4. The highest BCUT2D eigenvalue weighted by atomic mass is 32.1. The molecule has 50 heavy (non-hydrogen) atoms. The van der Waals surface area contributed by atoms with E-state index in [0.717, 1.165) is 0 Å². The Balaban J connectivity index is 2.82. The molecule has 19 nitrogen and oxygen atoms in total. The monoisotopic (exact) mass is 729 g/mol. The quantitative estimate of drug-likeness (QED) is 0.0419. The summed E-state index contributed by atoms with van der Waals surface area (Å²) in [6.45, 7) is 6.36. The van der Waals surface area contributed by atoms with Crippen LogP contribution in [0.2, 0.25) is 0 Å². The summed E-state index contributed by atoms with van der Waals surface area (Å²) in [4.78, 5) is 113. The van der Waals surface area contributed by atoms with Crippen molar-refractivity contribution in [2.24, 2.45) is 11.7 Å². The van der Waals surface area contributed by atoms with Gasteiger partial charge in [-0.15, -0.1) is 0 Å². The molecular weight excluding hydrogens is 678 g/mol. The molecule has 1 fully saturated rings. The molecule has 0 spiro atoms. The van der Waals surface area contributed by atoms with Crippen molar-refractivity contribution in [1.82, 2.24) is 42.1 Å². The predicted molar refractivity (Wildman–Crippen MR) is 182 cm³/mol. The van der Waals surface area contributed by atoms with E-state index in [0.29, 0.717) is 19.1 Å². The molecule has 1 saturated heterocycles. The largest absolute Gasteiger partial charge is 0.394 e. The van der Waals surface area contributed by atoms with E-state index >= 15 is 0 Å². The number of hydrogen-bond acceptors (Lipinski definition) is 12. The van der Waals surface area contributed by atoms with E-state index in [-0.39, 0.29) is 31.2 Å². The first-order valence-electron chi connectivity index (χ1n) is 16.2. The first-order chi connectivity index (χ1) is 23.4. The molecule has 0 bridgehead atoms. The first kappa shape index (κ1) is 43.7. The number of aliphatic hydroxyl groups is 1. The Hall–Kier alpha value is -4.30. The minimum atomic E-state index is -1.54. The Morgan fingerprint density at radius 2 is 1.40 bits per heavy atom. The van der Waals surface area contributed by atoms with Gasteiger partial charge in [0.15, 0.2) is 0 Å². The van der Waals surface area contributed by atoms with Crippen LogP contribution in [0.15, 0.2) is 0 Å². The fourth-order valence-electron chi connectivity index (χ4n) is 4.70. The second kappa shape index (κ2) is 21.7. The number of nitrogens with one attached hydrogen (secondary N) is 7. The van der Waals surface area contributed by atoms with Gasteiger partial charge >= 0.3 is 0 Å². The SMILES string of the molecule is CC(C)C[C@H](NC(=O)[C@@H]1CCCN1C(=O)CNC(=O)[C@H](C)N)C(=O)N[C@@H](CO)C(=O)N[C@@H](CS)C(=O)NCC(=O)N[C@@H](C)C(=O)N[C@@H](C)C=O. The molecule has 7 atom stereocenters. The molecule has 0 aromatic carbocycles. The van der Waals surface area contributed by atoms with Gasteiger partial charge in [0.1, 0.15) is 36.5 Å². The Labute approximate surface area is 296 Å². The zero-order valence-electron chi connectivity index (χ0n) is 28.9. The second-order valence-corrected chi connectivity index (χ2v) is 12.7. The number of nitrogens with two attached hydrogens (primary N) is 1. The van der Waals surface area contributed by atoms with Crippen LogP contribution in [0.3, 0.4) is 0 Å². The molecule has 1 aliphatic rings. The lowest BCUT2D eigenvalue weighted by atomic mass is 10.0. The van der Waals surface area contributed by atoms with E-state index in [9.17, 15) is 48.3 Å². The maximum Gasteiger partial charge on any atom is 0.245 e. The molecular formula is C30H51N9O10S. The number of thiol groups is 1. The van der Waals surface area contributed by atoms with Crippen LogP contribution < -0.4 is 43.0 Å². The van der Waals surface area contributed by atoms with Gasteiger partial charge in [-0.3, -0.25) is 38.4 Å². The number of rotatable bonds is 20. The van der Waals surface area contributed by atoms with E-state index in [4.69, 9.17) is 5.73 Å². The molecule has 1 heterocycles. The van der Waals surface area contributed by atoms with Gasteiger partial charge in [-0.2, -0.15) is 12.6 Å². The molecule has 0 aromatic rings. The van der Waals surface area contributed by atoms with Crippen LogP contribution in [0.4, 0.5) is 0 Å². The van der Waals surface area contributed by atoms with Crippen molar-refractivity contribution in [3.05, 3.63) is 0 Å². The van der Waals surface area contributed by atoms with Crippen LogP contribution in [-0.2, 0) is 43.2 Å². The minimum Gasteiger partial charge on any atom is -0.394 e. The predicted octanol–water partition coefficient (Wildman–Crippen LogP) is -4.81. The lowest BCUT2D eigenvalue weighted by Gasteiger charge is -2.28. The van der Waals surface area contributed by atoms with E-state index in [1.165, 1.54) is 25.7 Å². The van der Waals surface area contributed by atoms with Crippen molar-refractivity contribution in [3.63, 3.8) is 0 Å². The Kier molecular flexibility index (Phi) is 19.0. The van der Waals surface area contributed by atoms with Crippen molar-refractivity contribution in [1.29, 1.82) is 0 Å². The Morgan fingerprint density at radius 1 is 0.800 bits per heavy atom. The molecule has 10 N–H and O–H groups in total. The summed E-state index contributed by atoms with van der Waals surface area (Å²) < 4.78 is 0. The maximum absolute atomic E-state index is 13.3. The number of amides is 8. The van der Waals surface area contributed by atoms with Crippen molar-refractivity contribution >= 4 is 66.2 Å². The molecule has 8 amide bonds. The van der Waals surface area contributed by atoms with E-state index in [1.54, 1.807) is 13.8 Å². The van der Waals surface area contributed by atoms with Gasteiger partial charge in [0.2, 0.25) is 47.3 Å². The molecule has 0 radical (unpaired) electrons. The van der Waals surface area contributed by atoms with Crippen LogP contribution in [0, 0.1) is 5.92 Å². The topological polar surface area (TPSA) is 287 Å². The van der Waals surface area contributed by atoms with Crippen molar-refractivity contribution < 1.29 is 48.3 Å². The minimum absolute atomic E-state index is 0.103. The molecule has 1 aliphatic heterocycles. The summed E-state index contributed by atoms with van der Waals surface area (Å²) in [5.74, 6) is -5.90. The summed E-state index contributed by atoms with van der Waals surface area (Å²) in [5, 5.41) is 26.7. The van der Waals surface area contributed by atoms with E-state index < -0.39 is 103 Å². The molecule has 0 aliphatic carbocycles. The van der Waals surface area contributed by atoms with Gasteiger partial charge in [-0.05, 0) is 46.0 Å². The maximum atomic E-state index is 13.3. The molecule has 0 saturated carbocycles. The molecule has 0 aromatic heterocycles. The first-order valence-corrected chi connectivity index (χ1v) is 16.9. The van der Waals surface area contributed by atoms with Crippen LogP contribution in [0.5, 0.6) is 0 Å². The zero-order chi connectivity index (χ0) is 38.1. The molecule has 0 unspecified atom stereocenters. The number of carbonyl (C=O) groups is 9. The summed E-state index contributed by atoms with van der Waals surface area (Å²) >= 11 is 4.06. The zero-order valence-corrected chi connectivity index (χ0v) is 29.8. The van der Waals surface area contributed by atoms with Gasteiger partial charge in [0.05, 0.1) is 31.8 Å². The summed E-state index contributed by atoms with van der Waals surface area (Å²) in [5.41, 5.74) is 5.51. The average molecular weight is 730 g/mol. The van der Waals surface area contributed by atoms with Crippen molar-refractivity contribution in [2.75, 3.05) is 32.0 Å². The Morgan fingerprint density at radius 3 is 1.96 bits per heavy atom. The van der Waals surface area contributed by atoms with Crippen molar-refractivity contribution in [3.8, 4) is 0 Å². The number of aldehydes is 1. The van der Waals surface area contributed by atoms with Gasteiger partial charge < -0.3 is 57.8 Å². The number of hydrogen-bond donors (Lipinski definition) is 10. The third kappa shape index (κ3) is 14.7. The van der Waals surface area contributed by atoms with Gasteiger partial charge in [0.25, 0.3) is 0 Å². The highest BCUT2D eigenvalue weighted by Gasteiger charge is 2.37. The number of carbonyl (C=O) groups excluding carboxylic acids is 9. The third-order valence-electron chi connectivity index (χ3n) is 7.44. The van der Waals surface area contributed by atoms with E-state index in [2.05, 4.69) is 49.8 Å². The van der Waals surface area contributed by atoms with Crippen LogP contribution in [0.25, 0.3) is 0 Å². The average Bonchev–Trinajstić information content (AvgIpc) is 3.56. The fourth-order valence-corrected chi connectivity index (χ4v) is 4.96. The molecule has 282 valence electrons. The summed E-state index contributed by atoms with van der Waals surface area (Å²) in [6, 6.07) is -7.50. The van der Waals surface area contributed by atoms with Gasteiger partial charge in [0, 0.05) is 12.3 Å². The van der Waals surface area contributed by atoms with Crippen molar-refractivity contribution in [2.45, 2.75) is 96.2 Å². The number of aliphatic hydroxyl groups excluding tert-OH is 1. The summed E-state index contributed by atoms with van der Waals surface area (Å²) in [7, 11) is 0. The lowest BCUT2D eigenvalue weighted by Crippen LogP contribution is -2.59. The van der Waals surface area contributed by atoms with Crippen LogP contribution >= 0.6 is 12.6 Å². The molecule has 1 rings (SSSR count). The van der Waals surface area contributed by atoms with Gasteiger partial charge in [-0.1, -0.05) is 13.8 Å². The summed E-state index contributed by atoms with van der Waals surface area (Å²) in [6.07, 6.45) is 1.49. The fraction of sp³-hybridized carbons (Fsp3) is 0.700. The lowest BCUT2D eigenvalue weighted by molar-refractivity contribution is -0.140. The van der Waals surface area contributed by atoms with Crippen LogP contribution in [0.1, 0.15) is 53.9 Å². The molecule has 20 heteroatoms.